The van der Waals surface area contributed by atoms with Crippen molar-refractivity contribution in [1.29, 1.82) is 0 Å². The molecule has 0 aromatic heterocycles. The molecule has 0 bridgehead atoms. The van der Waals surface area contributed by atoms with Crippen LogP contribution in [0.2, 0.25) is 0 Å². The summed E-state index contributed by atoms with van der Waals surface area (Å²) >= 11 is 3.53. The van der Waals surface area contributed by atoms with Crippen LogP contribution in [-0.4, -0.2) is 6.54 Å². The third kappa shape index (κ3) is 3.56. The lowest BCUT2D eigenvalue weighted by Crippen LogP contribution is -2.26. The molecule has 1 aliphatic rings. The molecular formula is C15H22BrN. The minimum atomic E-state index is 0.446. The standard InChI is InChI=1S/C15H22BrN/c1-3-7-15(8-9-15)11-17-12(2)13-5-4-6-14(16)10-13/h4-6,10,12,17H,3,7-9,11H2,1-2H3. The molecule has 1 saturated carbocycles. The first-order valence-electron chi connectivity index (χ1n) is 6.64. The molecule has 2 heteroatoms. The Morgan fingerprint density at radius 3 is 2.76 bits per heavy atom. The molecule has 1 aliphatic carbocycles. The Labute approximate surface area is 113 Å². The Balaban J connectivity index is 1.87. The molecule has 2 rings (SSSR count). The second-order valence-corrected chi connectivity index (χ2v) is 6.32. The Morgan fingerprint density at radius 2 is 2.18 bits per heavy atom. The van der Waals surface area contributed by atoms with Crippen LogP contribution in [0.3, 0.4) is 0 Å². The molecule has 0 heterocycles. The third-order valence-corrected chi connectivity index (χ3v) is 4.36. The van der Waals surface area contributed by atoms with Crippen LogP contribution in [0, 0.1) is 5.41 Å². The smallest absolute Gasteiger partial charge is 0.0292 e. The van der Waals surface area contributed by atoms with Gasteiger partial charge in [0.2, 0.25) is 0 Å². The van der Waals surface area contributed by atoms with Crippen LogP contribution in [0.4, 0.5) is 0 Å². The molecule has 94 valence electrons. The third-order valence-electron chi connectivity index (χ3n) is 3.87. The van der Waals surface area contributed by atoms with Gasteiger partial charge in [-0.2, -0.15) is 0 Å². The average molecular weight is 296 g/mol. The van der Waals surface area contributed by atoms with Crippen molar-refractivity contribution in [2.75, 3.05) is 6.54 Å². The van der Waals surface area contributed by atoms with E-state index in [4.69, 9.17) is 0 Å². The molecule has 1 fully saturated rings. The highest BCUT2D eigenvalue weighted by atomic mass is 79.9. The molecule has 1 N–H and O–H groups in total. The summed E-state index contributed by atoms with van der Waals surface area (Å²) in [5, 5.41) is 3.69. The van der Waals surface area contributed by atoms with E-state index in [1.807, 2.05) is 0 Å². The van der Waals surface area contributed by atoms with Gasteiger partial charge in [-0.05, 0) is 49.3 Å². The van der Waals surface area contributed by atoms with Crippen LogP contribution in [0.5, 0.6) is 0 Å². The molecule has 1 aromatic carbocycles. The Bertz CT molecular complexity index is 371. The number of hydrogen-bond donors (Lipinski definition) is 1. The zero-order chi connectivity index (χ0) is 12.3. The monoisotopic (exact) mass is 295 g/mol. The average Bonchev–Trinajstić information content (AvgIpc) is 3.07. The molecule has 0 radical (unpaired) electrons. The van der Waals surface area contributed by atoms with Gasteiger partial charge in [0.15, 0.2) is 0 Å². The van der Waals surface area contributed by atoms with Crippen molar-refractivity contribution in [2.45, 2.75) is 45.6 Å². The normalized spacial score (nSPS) is 19.0. The van der Waals surface area contributed by atoms with Gasteiger partial charge < -0.3 is 5.32 Å². The van der Waals surface area contributed by atoms with Crippen LogP contribution in [-0.2, 0) is 0 Å². The fourth-order valence-corrected chi connectivity index (χ4v) is 2.90. The highest BCUT2D eigenvalue weighted by molar-refractivity contribution is 9.10. The molecule has 17 heavy (non-hydrogen) atoms. The number of halogens is 1. The number of nitrogens with one attached hydrogen (secondary N) is 1. The van der Waals surface area contributed by atoms with Gasteiger partial charge >= 0.3 is 0 Å². The Morgan fingerprint density at radius 1 is 1.41 bits per heavy atom. The summed E-state index contributed by atoms with van der Waals surface area (Å²) in [4.78, 5) is 0. The van der Waals surface area contributed by atoms with E-state index in [0.29, 0.717) is 11.5 Å². The predicted octanol–water partition coefficient (Wildman–Crippen LogP) is 4.68. The van der Waals surface area contributed by atoms with E-state index in [1.165, 1.54) is 42.3 Å². The Kier molecular flexibility index (Phi) is 4.26. The summed E-state index contributed by atoms with van der Waals surface area (Å²) < 4.78 is 1.17. The fraction of sp³-hybridized carbons (Fsp3) is 0.600. The number of rotatable bonds is 6. The maximum atomic E-state index is 3.69. The van der Waals surface area contributed by atoms with E-state index in [9.17, 15) is 0 Å². The van der Waals surface area contributed by atoms with Crippen molar-refractivity contribution >= 4 is 15.9 Å². The molecule has 1 aromatic rings. The van der Waals surface area contributed by atoms with E-state index >= 15 is 0 Å². The summed E-state index contributed by atoms with van der Waals surface area (Å²) in [6, 6.07) is 9.03. The van der Waals surface area contributed by atoms with Crippen LogP contribution in [0.25, 0.3) is 0 Å². The van der Waals surface area contributed by atoms with Gasteiger partial charge in [-0.3, -0.25) is 0 Å². The van der Waals surface area contributed by atoms with Crippen LogP contribution in [0.15, 0.2) is 28.7 Å². The van der Waals surface area contributed by atoms with Crippen molar-refractivity contribution in [3.05, 3.63) is 34.3 Å². The lowest BCUT2D eigenvalue weighted by Gasteiger charge is -2.20. The van der Waals surface area contributed by atoms with E-state index in [0.717, 1.165) is 0 Å². The SMILES string of the molecule is CCCC1(CNC(C)c2cccc(Br)c2)CC1. The first-order chi connectivity index (χ1) is 8.15. The largest absolute Gasteiger partial charge is 0.310 e. The second kappa shape index (κ2) is 5.53. The van der Waals surface area contributed by atoms with E-state index in [2.05, 4.69) is 59.4 Å². The van der Waals surface area contributed by atoms with Gasteiger partial charge in [-0.25, -0.2) is 0 Å². The molecule has 1 unspecified atom stereocenters. The quantitative estimate of drug-likeness (QED) is 0.803. The van der Waals surface area contributed by atoms with Crippen molar-refractivity contribution in [2.24, 2.45) is 5.41 Å². The van der Waals surface area contributed by atoms with Crippen molar-refractivity contribution in [3.63, 3.8) is 0 Å². The summed E-state index contributed by atoms with van der Waals surface area (Å²) in [5.41, 5.74) is 2.00. The first-order valence-corrected chi connectivity index (χ1v) is 7.43. The van der Waals surface area contributed by atoms with Crippen LogP contribution in [0.1, 0.15) is 51.1 Å². The summed E-state index contributed by atoms with van der Waals surface area (Å²) in [7, 11) is 0. The van der Waals surface area contributed by atoms with Gasteiger partial charge in [0.25, 0.3) is 0 Å². The van der Waals surface area contributed by atoms with Gasteiger partial charge in [0.05, 0.1) is 0 Å². The molecule has 1 nitrogen and oxygen atoms in total. The maximum absolute atomic E-state index is 3.69. The van der Waals surface area contributed by atoms with Gasteiger partial charge in [-0.1, -0.05) is 41.4 Å². The summed E-state index contributed by atoms with van der Waals surface area (Å²) in [6.45, 7) is 5.72. The minimum Gasteiger partial charge on any atom is -0.310 e. The molecule has 0 spiro atoms. The topological polar surface area (TPSA) is 12.0 Å². The highest BCUT2D eigenvalue weighted by Gasteiger charge is 2.41. The zero-order valence-corrected chi connectivity index (χ0v) is 12.4. The summed E-state index contributed by atoms with van der Waals surface area (Å²) in [5.74, 6) is 0. The first kappa shape index (κ1) is 13.1. The van der Waals surface area contributed by atoms with E-state index in [1.54, 1.807) is 0 Å². The van der Waals surface area contributed by atoms with Crippen LogP contribution >= 0.6 is 15.9 Å². The van der Waals surface area contributed by atoms with Crippen molar-refractivity contribution in [3.8, 4) is 0 Å². The van der Waals surface area contributed by atoms with Gasteiger partial charge in [-0.15, -0.1) is 0 Å². The molecule has 0 amide bonds. The number of hydrogen-bond acceptors (Lipinski definition) is 1. The van der Waals surface area contributed by atoms with Gasteiger partial charge in [0.1, 0.15) is 0 Å². The van der Waals surface area contributed by atoms with Gasteiger partial charge in [0, 0.05) is 17.1 Å². The van der Waals surface area contributed by atoms with Crippen LogP contribution < -0.4 is 5.32 Å². The maximum Gasteiger partial charge on any atom is 0.0292 e. The predicted molar refractivity (Wildman–Crippen MR) is 77.1 cm³/mol. The van der Waals surface area contributed by atoms with Crippen molar-refractivity contribution in [1.82, 2.24) is 5.32 Å². The highest BCUT2D eigenvalue weighted by Crippen LogP contribution is 2.49. The fourth-order valence-electron chi connectivity index (χ4n) is 2.49. The molecular weight excluding hydrogens is 274 g/mol. The summed E-state index contributed by atoms with van der Waals surface area (Å²) in [6.07, 6.45) is 5.52. The zero-order valence-electron chi connectivity index (χ0n) is 10.8. The second-order valence-electron chi connectivity index (χ2n) is 5.41. The lowest BCUT2D eigenvalue weighted by atomic mass is 9.99. The molecule has 0 aliphatic heterocycles. The van der Waals surface area contributed by atoms with Crippen molar-refractivity contribution < 1.29 is 0 Å². The van der Waals surface area contributed by atoms with E-state index in [-0.39, 0.29) is 0 Å². The molecule has 0 saturated heterocycles. The van der Waals surface area contributed by atoms with E-state index < -0.39 is 0 Å². The molecule has 1 atom stereocenters. The minimum absolute atomic E-state index is 0.446. The Hall–Kier alpha value is -0.340. The number of benzene rings is 1. The lowest BCUT2D eigenvalue weighted by molar-refractivity contribution is 0.397.